The van der Waals surface area contributed by atoms with Crippen molar-refractivity contribution in [1.82, 2.24) is 10.3 Å². The van der Waals surface area contributed by atoms with Crippen LogP contribution in [0.3, 0.4) is 0 Å². The predicted octanol–water partition coefficient (Wildman–Crippen LogP) is 3.87. The van der Waals surface area contributed by atoms with Crippen LogP contribution < -0.4 is 10.2 Å². The molecule has 0 amide bonds. The fraction of sp³-hybridized carbons (Fsp3) is 0.500. The smallest absolute Gasteiger partial charge is 0.0557 e. The van der Waals surface area contributed by atoms with Crippen LogP contribution in [0.25, 0.3) is 11.1 Å². The number of rotatable bonds is 5. The zero-order valence-electron chi connectivity index (χ0n) is 16.3. The summed E-state index contributed by atoms with van der Waals surface area (Å²) in [5.74, 6) is 0. The van der Waals surface area contributed by atoms with Crippen molar-refractivity contribution in [3.63, 3.8) is 0 Å². The van der Waals surface area contributed by atoms with Crippen LogP contribution in [0.15, 0.2) is 29.3 Å². The molecule has 0 radical (unpaired) electrons. The van der Waals surface area contributed by atoms with Crippen molar-refractivity contribution >= 4 is 29.1 Å². The molecule has 6 heteroatoms. The SMILES string of the molecule is CN(c1c(-c2ccnc3c2SC(CO)C3)cc(Cl)cc1C1(C)CC1)C1CNC1. The molecule has 28 heavy (non-hydrogen) atoms. The number of fused-ring (bicyclic) bond motifs is 1. The molecule has 1 aliphatic carbocycles. The van der Waals surface area contributed by atoms with Crippen LogP contribution in [0.2, 0.25) is 5.02 Å². The first-order chi connectivity index (χ1) is 13.5. The Bertz CT molecular complexity index is 926. The number of pyridine rings is 1. The lowest BCUT2D eigenvalue weighted by molar-refractivity contribution is 0.295. The van der Waals surface area contributed by atoms with Gasteiger partial charge in [0.15, 0.2) is 0 Å². The van der Waals surface area contributed by atoms with Crippen LogP contribution in [0.4, 0.5) is 5.69 Å². The molecule has 1 atom stereocenters. The highest BCUT2D eigenvalue weighted by Crippen LogP contribution is 2.55. The monoisotopic (exact) mass is 415 g/mol. The van der Waals surface area contributed by atoms with Gasteiger partial charge in [-0.25, -0.2) is 0 Å². The molecule has 0 bridgehead atoms. The highest BCUT2D eigenvalue weighted by molar-refractivity contribution is 8.00. The summed E-state index contributed by atoms with van der Waals surface area (Å²) in [5.41, 5.74) is 6.41. The zero-order chi connectivity index (χ0) is 19.5. The first-order valence-corrected chi connectivity index (χ1v) is 11.3. The Balaban J connectivity index is 1.70. The Labute approximate surface area is 175 Å². The van der Waals surface area contributed by atoms with E-state index in [0.29, 0.717) is 6.04 Å². The largest absolute Gasteiger partial charge is 0.395 e. The summed E-state index contributed by atoms with van der Waals surface area (Å²) in [4.78, 5) is 8.26. The Morgan fingerprint density at radius 3 is 2.75 bits per heavy atom. The molecule has 148 valence electrons. The number of hydrogen-bond acceptors (Lipinski definition) is 5. The summed E-state index contributed by atoms with van der Waals surface area (Å²) in [6.45, 7) is 4.57. The van der Waals surface area contributed by atoms with Gasteiger partial charge in [-0.1, -0.05) is 18.5 Å². The van der Waals surface area contributed by atoms with E-state index in [0.717, 1.165) is 30.2 Å². The van der Waals surface area contributed by atoms with Crippen LogP contribution in [0, 0.1) is 0 Å². The molecule has 1 aromatic heterocycles. The van der Waals surface area contributed by atoms with E-state index in [9.17, 15) is 5.11 Å². The van der Waals surface area contributed by atoms with Crippen LogP contribution in [-0.2, 0) is 11.8 Å². The molecule has 1 unspecified atom stereocenters. The van der Waals surface area contributed by atoms with E-state index in [1.54, 1.807) is 11.8 Å². The Hall–Kier alpha value is -1.27. The molecular weight excluding hydrogens is 390 g/mol. The Morgan fingerprint density at radius 2 is 2.11 bits per heavy atom. The van der Waals surface area contributed by atoms with Crippen molar-refractivity contribution in [3.8, 4) is 11.1 Å². The first-order valence-electron chi connectivity index (χ1n) is 10.0. The molecule has 1 aromatic carbocycles. The van der Waals surface area contributed by atoms with Crippen molar-refractivity contribution in [2.24, 2.45) is 0 Å². The van der Waals surface area contributed by atoms with Gasteiger partial charge >= 0.3 is 0 Å². The number of aromatic nitrogens is 1. The maximum Gasteiger partial charge on any atom is 0.0557 e. The number of halogens is 1. The molecule has 4 nitrogen and oxygen atoms in total. The second-order valence-electron chi connectivity index (χ2n) is 8.59. The van der Waals surface area contributed by atoms with E-state index < -0.39 is 0 Å². The normalized spacial score (nSPS) is 22.6. The summed E-state index contributed by atoms with van der Waals surface area (Å²) in [5, 5.41) is 14.1. The number of nitrogens with zero attached hydrogens (tertiary/aromatic N) is 2. The molecule has 3 heterocycles. The number of likely N-dealkylation sites (N-methyl/N-ethyl adjacent to an activating group) is 1. The van der Waals surface area contributed by atoms with E-state index in [1.807, 2.05) is 6.20 Å². The minimum absolute atomic E-state index is 0.180. The van der Waals surface area contributed by atoms with E-state index in [4.69, 9.17) is 11.6 Å². The van der Waals surface area contributed by atoms with Crippen molar-refractivity contribution in [2.45, 2.75) is 47.8 Å². The number of aliphatic hydroxyl groups excluding tert-OH is 1. The lowest BCUT2D eigenvalue weighted by atomic mass is 9.89. The minimum Gasteiger partial charge on any atom is -0.395 e. The van der Waals surface area contributed by atoms with Gasteiger partial charge in [-0.05, 0) is 42.0 Å². The van der Waals surface area contributed by atoms with E-state index in [1.165, 1.54) is 40.1 Å². The Kier molecular flexibility index (Phi) is 4.62. The molecule has 2 fully saturated rings. The third-order valence-corrected chi connectivity index (χ3v) is 8.12. The van der Waals surface area contributed by atoms with Gasteiger partial charge in [-0.3, -0.25) is 4.98 Å². The van der Waals surface area contributed by atoms with Gasteiger partial charge in [0.2, 0.25) is 0 Å². The van der Waals surface area contributed by atoms with E-state index >= 15 is 0 Å². The molecular formula is C22H26ClN3OS. The zero-order valence-corrected chi connectivity index (χ0v) is 17.9. The first kappa shape index (κ1) is 18.7. The van der Waals surface area contributed by atoms with Gasteiger partial charge in [0.25, 0.3) is 0 Å². The van der Waals surface area contributed by atoms with Crippen molar-refractivity contribution in [1.29, 1.82) is 0 Å². The van der Waals surface area contributed by atoms with Crippen molar-refractivity contribution in [2.75, 3.05) is 31.6 Å². The van der Waals surface area contributed by atoms with Gasteiger partial charge in [0, 0.05) is 64.7 Å². The second kappa shape index (κ2) is 6.91. The lowest BCUT2D eigenvalue weighted by Gasteiger charge is -2.40. The van der Waals surface area contributed by atoms with E-state index in [-0.39, 0.29) is 17.3 Å². The number of thioether (sulfide) groups is 1. The van der Waals surface area contributed by atoms with Crippen LogP contribution in [-0.4, -0.2) is 48.1 Å². The van der Waals surface area contributed by atoms with Gasteiger partial charge in [-0.2, -0.15) is 0 Å². The summed E-state index contributed by atoms with van der Waals surface area (Å²) < 4.78 is 0. The molecule has 2 aromatic rings. The maximum absolute atomic E-state index is 9.67. The number of benzene rings is 1. The van der Waals surface area contributed by atoms with Crippen molar-refractivity contribution < 1.29 is 5.11 Å². The maximum atomic E-state index is 9.67. The number of aliphatic hydroxyl groups is 1. The quantitative estimate of drug-likeness (QED) is 0.776. The molecule has 3 aliphatic rings. The molecule has 2 aliphatic heterocycles. The highest BCUT2D eigenvalue weighted by Gasteiger charge is 2.43. The number of hydrogen-bond donors (Lipinski definition) is 2. The van der Waals surface area contributed by atoms with Crippen LogP contribution >= 0.6 is 23.4 Å². The van der Waals surface area contributed by atoms with E-state index in [2.05, 4.69) is 47.4 Å². The fourth-order valence-electron chi connectivity index (χ4n) is 4.34. The lowest BCUT2D eigenvalue weighted by Crippen LogP contribution is -2.56. The Morgan fingerprint density at radius 1 is 1.32 bits per heavy atom. The summed E-state index contributed by atoms with van der Waals surface area (Å²) in [7, 11) is 2.22. The van der Waals surface area contributed by atoms with Gasteiger partial charge in [0.1, 0.15) is 0 Å². The molecule has 2 N–H and O–H groups in total. The minimum atomic E-state index is 0.180. The molecule has 0 spiro atoms. The topological polar surface area (TPSA) is 48.4 Å². The predicted molar refractivity (Wildman–Crippen MR) is 117 cm³/mol. The van der Waals surface area contributed by atoms with Crippen LogP contribution in [0.5, 0.6) is 0 Å². The number of anilines is 1. The summed E-state index contributed by atoms with van der Waals surface area (Å²) in [6, 6.07) is 6.93. The molecule has 5 rings (SSSR count). The van der Waals surface area contributed by atoms with Gasteiger partial charge in [0.05, 0.1) is 18.3 Å². The third-order valence-electron chi connectivity index (χ3n) is 6.56. The molecule has 1 saturated heterocycles. The summed E-state index contributed by atoms with van der Waals surface area (Å²) in [6.07, 6.45) is 5.16. The standard InChI is InChI=1S/C22H26ClN3OS/c1-22(4-5-22)18-8-13(23)7-17(20(18)26(2)14-10-24-11-14)16-3-6-25-19-9-15(12-27)28-21(16)19/h3,6-8,14-15,24,27H,4-5,9-12H2,1-2H3. The second-order valence-corrected chi connectivity index (χ2v) is 10.3. The van der Waals surface area contributed by atoms with Gasteiger partial charge in [-0.15, -0.1) is 11.8 Å². The van der Waals surface area contributed by atoms with Gasteiger partial charge < -0.3 is 15.3 Å². The molecule has 1 saturated carbocycles. The summed E-state index contributed by atoms with van der Waals surface area (Å²) >= 11 is 8.41. The highest BCUT2D eigenvalue weighted by atomic mass is 35.5. The van der Waals surface area contributed by atoms with Crippen molar-refractivity contribution in [3.05, 3.63) is 40.7 Å². The average molecular weight is 416 g/mol. The average Bonchev–Trinajstić information content (AvgIpc) is 3.24. The van der Waals surface area contributed by atoms with Crippen LogP contribution in [0.1, 0.15) is 31.0 Å². The fourth-order valence-corrected chi connectivity index (χ4v) is 5.78. The third kappa shape index (κ3) is 3.04. The number of nitrogens with one attached hydrogen (secondary N) is 1.